The molecule has 1 saturated heterocycles. The van der Waals surface area contributed by atoms with Gasteiger partial charge in [0.15, 0.2) is 0 Å². The van der Waals surface area contributed by atoms with E-state index in [9.17, 15) is 22.2 Å². The van der Waals surface area contributed by atoms with Gasteiger partial charge in [-0.3, -0.25) is 9.00 Å². The molecule has 1 amide bonds. The minimum Gasteiger partial charge on any atom is -0.333 e. The molecule has 0 radical (unpaired) electrons. The van der Waals surface area contributed by atoms with Crippen molar-refractivity contribution < 1.29 is 22.2 Å². The van der Waals surface area contributed by atoms with Crippen LogP contribution in [0.5, 0.6) is 0 Å². The van der Waals surface area contributed by atoms with E-state index in [1.165, 1.54) is 5.41 Å². The van der Waals surface area contributed by atoms with E-state index in [-0.39, 0.29) is 11.9 Å². The van der Waals surface area contributed by atoms with Crippen LogP contribution < -0.4 is 0 Å². The summed E-state index contributed by atoms with van der Waals surface area (Å²) in [5.74, 6) is -0.246. The molecule has 4 atom stereocenters. The molecule has 3 nitrogen and oxygen atoms in total. The van der Waals surface area contributed by atoms with E-state index in [4.69, 9.17) is 0 Å². The Bertz CT molecular complexity index is 475. The predicted octanol–water partition coefficient (Wildman–Crippen LogP) is 2.99. The Hall–Kier alpha value is -0.850. The molecule has 0 aromatic carbocycles. The van der Waals surface area contributed by atoms with Crippen molar-refractivity contribution in [1.29, 1.82) is 0 Å². The minimum absolute atomic E-state index is 0.212. The fourth-order valence-electron chi connectivity index (χ4n) is 3.32. The summed E-state index contributed by atoms with van der Waals surface area (Å²) in [4.78, 5) is 14.1. The molecule has 0 saturated carbocycles. The molecule has 2 aliphatic heterocycles. The topological polar surface area (TPSA) is 37.4 Å². The van der Waals surface area contributed by atoms with Gasteiger partial charge < -0.3 is 4.90 Å². The Kier molecular flexibility index (Phi) is 4.80. The van der Waals surface area contributed by atoms with E-state index in [2.05, 4.69) is 0 Å². The SMILES string of the molecule is CC1CC(CC(F)(F)F)C(C)N1C(=O)C1=CS(=O)CCC1. The summed E-state index contributed by atoms with van der Waals surface area (Å²) in [6, 6.07) is -0.651. The number of rotatable bonds is 2. The fourth-order valence-corrected chi connectivity index (χ4v) is 4.40. The third kappa shape index (κ3) is 3.87. The number of alkyl halides is 3. The van der Waals surface area contributed by atoms with Crippen LogP contribution in [-0.2, 0) is 15.6 Å². The van der Waals surface area contributed by atoms with Gasteiger partial charge in [-0.2, -0.15) is 13.2 Å². The van der Waals surface area contributed by atoms with Crippen molar-refractivity contribution in [2.45, 2.75) is 57.8 Å². The van der Waals surface area contributed by atoms with Crippen molar-refractivity contribution in [1.82, 2.24) is 4.90 Å². The second-order valence-electron chi connectivity index (χ2n) is 5.95. The van der Waals surface area contributed by atoms with Crippen LogP contribution in [0.2, 0.25) is 0 Å². The van der Waals surface area contributed by atoms with E-state index in [1.54, 1.807) is 18.7 Å². The molecule has 0 bridgehead atoms. The van der Waals surface area contributed by atoms with Crippen LogP contribution in [0, 0.1) is 5.92 Å². The highest BCUT2D eigenvalue weighted by atomic mass is 32.2. The van der Waals surface area contributed by atoms with Gasteiger partial charge in [0.2, 0.25) is 0 Å². The minimum atomic E-state index is -4.21. The molecule has 7 heteroatoms. The highest BCUT2D eigenvalue weighted by Crippen LogP contribution is 2.38. The van der Waals surface area contributed by atoms with Crippen LogP contribution in [0.3, 0.4) is 0 Å². The summed E-state index contributed by atoms with van der Waals surface area (Å²) >= 11 is 0. The lowest BCUT2D eigenvalue weighted by Gasteiger charge is -2.29. The van der Waals surface area contributed by atoms with Gasteiger partial charge in [-0.15, -0.1) is 0 Å². The lowest BCUT2D eigenvalue weighted by atomic mass is 9.96. The molecule has 0 spiro atoms. The summed E-state index contributed by atoms with van der Waals surface area (Å²) < 4.78 is 49.3. The zero-order chi connectivity index (χ0) is 15.8. The van der Waals surface area contributed by atoms with Gasteiger partial charge in [-0.05, 0) is 39.0 Å². The van der Waals surface area contributed by atoms with Gasteiger partial charge in [0.25, 0.3) is 5.91 Å². The Balaban J connectivity index is 2.12. The summed E-state index contributed by atoms with van der Waals surface area (Å²) in [5, 5.41) is 1.47. The van der Waals surface area contributed by atoms with Gasteiger partial charge in [0, 0.05) is 46.0 Å². The highest BCUT2D eigenvalue weighted by Gasteiger charge is 2.44. The molecule has 0 aromatic heterocycles. The van der Waals surface area contributed by atoms with Crippen molar-refractivity contribution in [3.8, 4) is 0 Å². The van der Waals surface area contributed by atoms with Crippen LogP contribution in [0.1, 0.15) is 39.5 Å². The molecule has 0 aromatic rings. The summed E-state index contributed by atoms with van der Waals surface area (Å²) in [6.07, 6.45) is -3.45. The monoisotopic (exact) mass is 323 g/mol. The molecule has 4 unspecified atom stereocenters. The number of nitrogens with zero attached hydrogens (tertiary/aromatic N) is 1. The average molecular weight is 323 g/mol. The first-order valence-electron chi connectivity index (χ1n) is 7.16. The molecule has 1 fully saturated rings. The predicted molar refractivity (Wildman–Crippen MR) is 74.9 cm³/mol. The van der Waals surface area contributed by atoms with Gasteiger partial charge in [-0.1, -0.05) is 0 Å². The van der Waals surface area contributed by atoms with E-state index in [1.807, 2.05) is 0 Å². The van der Waals surface area contributed by atoms with E-state index < -0.39 is 35.4 Å². The second-order valence-corrected chi connectivity index (χ2v) is 7.35. The second kappa shape index (κ2) is 6.10. The maximum atomic E-state index is 12.6. The Labute approximate surface area is 125 Å². The smallest absolute Gasteiger partial charge is 0.333 e. The standard InChI is InChI=1S/C14H20F3NO2S/c1-9-6-12(7-14(15,16)17)10(2)18(9)13(19)11-4-3-5-21(20)8-11/h8-10,12H,3-7H2,1-2H3. The maximum Gasteiger partial charge on any atom is 0.389 e. The molecular weight excluding hydrogens is 303 g/mol. The molecule has 120 valence electrons. The van der Waals surface area contributed by atoms with Crippen molar-refractivity contribution in [2.24, 2.45) is 5.92 Å². The molecule has 2 rings (SSSR count). The first kappa shape index (κ1) is 16.5. The van der Waals surface area contributed by atoms with Crippen LogP contribution in [0.25, 0.3) is 0 Å². The fraction of sp³-hybridized carbons (Fsp3) is 0.786. The number of carbonyl (C=O) groups is 1. The van der Waals surface area contributed by atoms with Crippen molar-refractivity contribution in [3.05, 3.63) is 11.0 Å². The van der Waals surface area contributed by atoms with Gasteiger partial charge in [0.1, 0.15) is 0 Å². The number of amides is 1. The Morgan fingerprint density at radius 3 is 2.67 bits per heavy atom. The van der Waals surface area contributed by atoms with Crippen molar-refractivity contribution in [2.75, 3.05) is 5.75 Å². The quantitative estimate of drug-likeness (QED) is 0.783. The summed E-state index contributed by atoms with van der Waals surface area (Å²) in [5.41, 5.74) is 0.492. The number of carbonyl (C=O) groups excluding carboxylic acids is 1. The summed E-state index contributed by atoms with van der Waals surface area (Å²) in [6.45, 7) is 3.46. The van der Waals surface area contributed by atoms with Gasteiger partial charge in [-0.25, -0.2) is 0 Å². The van der Waals surface area contributed by atoms with Crippen LogP contribution in [0.15, 0.2) is 11.0 Å². The number of likely N-dealkylation sites (tertiary alicyclic amines) is 1. The highest BCUT2D eigenvalue weighted by molar-refractivity contribution is 7.88. The Morgan fingerprint density at radius 2 is 2.10 bits per heavy atom. The van der Waals surface area contributed by atoms with Crippen molar-refractivity contribution in [3.63, 3.8) is 0 Å². The van der Waals surface area contributed by atoms with Crippen LogP contribution in [0.4, 0.5) is 13.2 Å². The number of hydrogen-bond donors (Lipinski definition) is 0. The Morgan fingerprint density at radius 1 is 1.43 bits per heavy atom. The normalized spacial score (nSPS) is 34.0. The number of hydrogen-bond acceptors (Lipinski definition) is 2. The molecule has 21 heavy (non-hydrogen) atoms. The zero-order valence-corrected chi connectivity index (χ0v) is 13.0. The molecule has 0 aliphatic carbocycles. The van der Waals surface area contributed by atoms with Crippen LogP contribution >= 0.6 is 0 Å². The van der Waals surface area contributed by atoms with Gasteiger partial charge in [0.05, 0.1) is 0 Å². The average Bonchev–Trinajstić information content (AvgIpc) is 2.61. The van der Waals surface area contributed by atoms with Crippen LogP contribution in [-0.4, -0.2) is 39.0 Å². The molecule has 2 aliphatic rings. The summed E-state index contributed by atoms with van der Waals surface area (Å²) in [7, 11) is -1.13. The van der Waals surface area contributed by atoms with E-state index >= 15 is 0 Å². The molecule has 2 heterocycles. The lowest BCUT2D eigenvalue weighted by molar-refractivity contribution is -0.147. The molecule has 0 N–H and O–H groups in total. The third-order valence-corrected chi connectivity index (χ3v) is 5.55. The third-order valence-electron chi connectivity index (χ3n) is 4.31. The largest absolute Gasteiger partial charge is 0.389 e. The van der Waals surface area contributed by atoms with Gasteiger partial charge >= 0.3 is 6.18 Å². The first-order chi connectivity index (χ1) is 9.69. The van der Waals surface area contributed by atoms with E-state index in [0.29, 0.717) is 30.6 Å². The zero-order valence-electron chi connectivity index (χ0n) is 12.2. The van der Waals surface area contributed by atoms with E-state index in [0.717, 1.165) is 0 Å². The first-order valence-corrected chi connectivity index (χ1v) is 8.54. The van der Waals surface area contributed by atoms with Crippen molar-refractivity contribution >= 4 is 16.7 Å². The lowest BCUT2D eigenvalue weighted by Crippen LogP contribution is -2.41. The maximum absolute atomic E-state index is 12.6. The number of halogens is 3. The molecular formula is C14H20F3NO2S.